The molecule has 0 aromatic carbocycles. The molecule has 0 bridgehead atoms. The Bertz CT molecular complexity index is 251. The van der Waals surface area contributed by atoms with Crippen molar-refractivity contribution >= 4 is 7.92 Å². The Balaban J connectivity index is 2.61. The van der Waals surface area contributed by atoms with E-state index in [0.717, 1.165) is 6.16 Å². The Morgan fingerprint density at radius 1 is 1.31 bits per heavy atom. The molecule has 0 saturated heterocycles. The predicted octanol–water partition coefficient (Wildman–Crippen LogP) is 3.49. The van der Waals surface area contributed by atoms with Gasteiger partial charge in [-0.05, 0) is 24.0 Å². The zero-order valence-corrected chi connectivity index (χ0v) is 9.81. The van der Waals surface area contributed by atoms with Crippen molar-refractivity contribution in [3.63, 3.8) is 0 Å². The molecule has 2 heteroatoms. The third-order valence-corrected chi connectivity index (χ3v) is 5.36. The van der Waals surface area contributed by atoms with Crippen molar-refractivity contribution in [3.05, 3.63) is 30.1 Å². The molecule has 1 nitrogen and oxygen atoms in total. The van der Waals surface area contributed by atoms with E-state index in [1.165, 1.54) is 5.69 Å². The van der Waals surface area contributed by atoms with Gasteiger partial charge in [0, 0.05) is 18.1 Å². The molecule has 0 spiro atoms. The molecule has 1 rings (SSSR count). The van der Waals surface area contributed by atoms with Gasteiger partial charge in [-0.1, -0.05) is 34.8 Å². The van der Waals surface area contributed by atoms with Crippen molar-refractivity contribution in [2.75, 3.05) is 6.66 Å². The molecule has 0 aliphatic heterocycles. The van der Waals surface area contributed by atoms with Crippen LogP contribution in [-0.4, -0.2) is 16.8 Å². The number of hydrogen-bond donors (Lipinski definition) is 0. The van der Waals surface area contributed by atoms with Crippen LogP contribution in [0.25, 0.3) is 0 Å². The van der Waals surface area contributed by atoms with Crippen LogP contribution >= 0.6 is 7.92 Å². The molecule has 1 atom stereocenters. The van der Waals surface area contributed by atoms with Gasteiger partial charge in [0.1, 0.15) is 0 Å². The molecule has 13 heavy (non-hydrogen) atoms. The number of pyridine rings is 1. The summed E-state index contributed by atoms with van der Waals surface area (Å²) in [4.78, 5) is 4.35. The smallest absolute Gasteiger partial charge is 0.0446 e. The maximum Gasteiger partial charge on any atom is 0.0446 e. The fourth-order valence-corrected chi connectivity index (χ4v) is 2.12. The summed E-state index contributed by atoms with van der Waals surface area (Å²) < 4.78 is 0. The third-order valence-electron chi connectivity index (χ3n) is 2.27. The lowest BCUT2D eigenvalue weighted by atomic mass is 10.3. The average molecular weight is 195 g/mol. The van der Waals surface area contributed by atoms with Crippen LogP contribution in [0.5, 0.6) is 0 Å². The first kappa shape index (κ1) is 10.7. The first-order valence-corrected chi connectivity index (χ1v) is 6.59. The largest absolute Gasteiger partial charge is 0.261 e. The van der Waals surface area contributed by atoms with Gasteiger partial charge in [0.05, 0.1) is 0 Å². The van der Waals surface area contributed by atoms with Crippen LogP contribution in [0.3, 0.4) is 0 Å². The van der Waals surface area contributed by atoms with E-state index in [1.54, 1.807) is 0 Å². The molecule has 0 fully saturated rings. The fraction of sp³-hybridized carbons (Fsp3) is 0.545. The SMILES string of the molecule is CP(Cc1ccccn1)C(C)(C)C. The number of hydrogen-bond acceptors (Lipinski definition) is 1. The number of nitrogens with zero attached hydrogens (tertiary/aromatic N) is 1. The minimum absolute atomic E-state index is 0.0396. The lowest BCUT2D eigenvalue weighted by molar-refractivity contribution is 0.781. The quantitative estimate of drug-likeness (QED) is 0.658. The van der Waals surface area contributed by atoms with Crippen molar-refractivity contribution in [1.82, 2.24) is 4.98 Å². The highest BCUT2D eigenvalue weighted by Crippen LogP contribution is 2.48. The topological polar surface area (TPSA) is 12.9 Å². The van der Waals surface area contributed by atoms with Gasteiger partial charge in [-0.15, -0.1) is 0 Å². The van der Waals surface area contributed by atoms with Gasteiger partial charge in [-0.3, -0.25) is 4.98 Å². The van der Waals surface area contributed by atoms with Gasteiger partial charge in [-0.2, -0.15) is 0 Å². The van der Waals surface area contributed by atoms with E-state index >= 15 is 0 Å². The molecule has 1 heterocycles. The van der Waals surface area contributed by atoms with Crippen molar-refractivity contribution in [2.24, 2.45) is 0 Å². The molecule has 0 saturated carbocycles. The van der Waals surface area contributed by atoms with Gasteiger partial charge in [0.25, 0.3) is 0 Å². The maximum absolute atomic E-state index is 4.35. The highest BCUT2D eigenvalue weighted by atomic mass is 31.1. The van der Waals surface area contributed by atoms with E-state index in [0.29, 0.717) is 5.16 Å². The molecule has 0 radical (unpaired) electrons. The molecule has 0 N–H and O–H groups in total. The van der Waals surface area contributed by atoms with E-state index in [4.69, 9.17) is 0 Å². The van der Waals surface area contributed by atoms with E-state index in [-0.39, 0.29) is 7.92 Å². The van der Waals surface area contributed by atoms with Crippen LogP contribution in [-0.2, 0) is 6.16 Å². The summed E-state index contributed by atoms with van der Waals surface area (Å²) in [6.45, 7) is 9.27. The van der Waals surface area contributed by atoms with Crippen LogP contribution in [0.4, 0.5) is 0 Å². The second-order valence-electron chi connectivity index (χ2n) is 4.35. The summed E-state index contributed by atoms with van der Waals surface area (Å²) in [6.07, 6.45) is 3.01. The van der Waals surface area contributed by atoms with Crippen molar-refractivity contribution in [3.8, 4) is 0 Å². The molecule has 1 aromatic heterocycles. The molecule has 0 aliphatic rings. The van der Waals surface area contributed by atoms with Crippen molar-refractivity contribution in [2.45, 2.75) is 32.1 Å². The van der Waals surface area contributed by atoms with Crippen LogP contribution in [0.1, 0.15) is 26.5 Å². The highest BCUT2D eigenvalue weighted by molar-refractivity contribution is 7.57. The normalized spacial score (nSPS) is 14.2. The molecular formula is C11H18NP. The lowest BCUT2D eigenvalue weighted by Gasteiger charge is -2.27. The highest BCUT2D eigenvalue weighted by Gasteiger charge is 2.19. The monoisotopic (exact) mass is 195 g/mol. The van der Waals surface area contributed by atoms with Gasteiger partial charge in [-0.25, -0.2) is 0 Å². The summed E-state index contributed by atoms with van der Waals surface area (Å²) in [5.41, 5.74) is 1.23. The second-order valence-corrected chi connectivity index (χ2v) is 7.40. The molecule has 1 aromatic rings. The van der Waals surface area contributed by atoms with Crippen LogP contribution in [0, 0.1) is 0 Å². The summed E-state index contributed by atoms with van der Waals surface area (Å²) in [6, 6.07) is 6.15. The zero-order chi connectivity index (χ0) is 9.90. The van der Waals surface area contributed by atoms with Crippen molar-refractivity contribution < 1.29 is 0 Å². The summed E-state index contributed by atoms with van der Waals surface area (Å²) >= 11 is 0. The molecule has 0 aliphatic carbocycles. The summed E-state index contributed by atoms with van der Waals surface area (Å²) in [5.74, 6) is 0. The lowest BCUT2D eigenvalue weighted by Crippen LogP contribution is -2.11. The maximum atomic E-state index is 4.35. The average Bonchev–Trinajstić information content (AvgIpc) is 2.04. The standard InChI is InChI=1S/C11H18NP/c1-11(2,3)13(4)9-10-7-5-6-8-12-10/h5-8H,9H2,1-4H3. The van der Waals surface area contributed by atoms with E-state index in [9.17, 15) is 0 Å². The van der Waals surface area contributed by atoms with E-state index < -0.39 is 0 Å². The number of rotatable bonds is 2. The van der Waals surface area contributed by atoms with Gasteiger partial charge >= 0.3 is 0 Å². The van der Waals surface area contributed by atoms with Crippen LogP contribution in [0.2, 0.25) is 0 Å². The summed E-state index contributed by atoms with van der Waals surface area (Å²) in [5, 5.41) is 0.437. The first-order valence-electron chi connectivity index (χ1n) is 4.61. The number of aromatic nitrogens is 1. The van der Waals surface area contributed by atoms with Crippen molar-refractivity contribution in [1.29, 1.82) is 0 Å². The minimum atomic E-state index is 0.0396. The Morgan fingerprint density at radius 2 is 2.00 bits per heavy atom. The fourth-order valence-electron chi connectivity index (χ4n) is 0.972. The third kappa shape index (κ3) is 3.44. The van der Waals surface area contributed by atoms with E-state index in [2.05, 4.69) is 44.6 Å². The predicted molar refractivity (Wildman–Crippen MR) is 60.5 cm³/mol. The van der Waals surface area contributed by atoms with Gasteiger partial charge in [0.15, 0.2) is 0 Å². The molecular weight excluding hydrogens is 177 g/mol. The Hall–Kier alpha value is -0.420. The molecule has 1 unspecified atom stereocenters. The zero-order valence-electron chi connectivity index (χ0n) is 8.91. The van der Waals surface area contributed by atoms with Gasteiger partial charge in [0.2, 0.25) is 0 Å². The van der Waals surface area contributed by atoms with E-state index in [1.807, 2.05) is 12.3 Å². The minimum Gasteiger partial charge on any atom is -0.261 e. The van der Waals surface area contributed by atoms with Crippen LogP contribution in [0.15, 0.2) is 24.4 Å². The molecule has 0 amide bonds. The van der Waals surface area contributed by atoms with Gasteiger partial charge < -0.3 is 0 Å². The first-order chi connectivity index (χ1) is 6.00. The Morgan fingerprint density at radius 3 is 2.46 bits per heavy atom. The summed E-state index contributed by atoms with van der Waals surface area (Å²) in [7, 11) is 0.0396. The Kier molecular flexibility index (Phi) is 3.44. The Labute approximate surface area is 82.3 Å². The molecule has 72 valence electrons. The van der Waals surface area contributed by atoms with Crippen LogP contribution < -0.4 is 0 Å². The second kappa shape index (κ2) is 4.19.